The summed E-state index contributed by atoms with van der Waals surface area (Å²) in [6, 6.07) is 10.3. The van der Waals surface area contributed by atoms with Crippen LogP contribution in [0, 0.1) is 5.92 Å². The summed E-state index contributed by atoms with van der Waals surface area (Å²) >= 11 is 5.94. The number of benzene rings is 1. The van der Waals surface area contributed by atoms with Crippen LogP contribution >= 0.6 is 11.6 Å². The van der Waals surface area contributed by atoms with E-state index < -0.39 is 0 Å². The van der Waals surface area contributed by atoms with Crippen molar-refractivity contribution in [1.29, 1.82) is 0 Å². The van der Waals surface area contributed by atoms with Crippen molar-refractivity contribution in [2.75, 3.05) is 31.1 Å². The molecule has 154 valence electrons. The topological polar surface area (TPSA) is 58.4 Å². The number of amides is 1. The van der Waals surface area contributed by atoms with Crippen LogP contribution in [0.5, 0.6) is 0 Å². The monoisotopic (exact) mass is 414 g/mol. The van der Waals surface area contributed by atoms with E-state index >= 15 is 0 Å². The van der Waals surface area contributed by atoms with Gasteiger partial charge in [-0.3, -0.25) is 9.59 Å². The van der Waals surface area contributed by atoms with E-state index in [1.54, 1.807) is 30.3 Å². The van der Waals surface area contributed by atoms with E-state index in [0.717, 1.165) is 31.2 Å². The zero-order chi connectivity index (χ0) is 20.2. The summed E-state index contributed by atoms with van der Waals surface area (Å²) in [4.78, 5) is 28.9. The number of nitrogens with zero attached hydrogens (tertiary/aromatic N) is 4. The van der Waals surface area contributed by atoms with Crippen LogP contribution in [0.2, 0.25) is 5.02 Å². The highest BCUT2D eigenvalue weighted by atomic mass is 35.5. The van der Waals surface area contributed by atoms with Gasteiger partial charge in [0.05, 0.1) is 5.69 Å². The van der Waals surface area contributed by atoms with Gasteiger partial charge in [0, 0.05) is 43.7 Å². The number of aromatic nitrogens is 2. The van der Waals surface area contributed by atoms with Crippen molar-refractivity contribution in [3.63, 3.8) is 0 Å². The minimum atomic E-state index is -0.184. The van der Waals surface area contributed by atoms with E-state index in [4.69, 9.17) is 11.6 Å². The summed E-state index contributed by atoms with van der Waals surface area (Å²) in [6.07, 6.45) is 6.93. The number of hydrogen-bond donors (Lipinski definition) is 0. The molecule has 4 rings (SSSR count). The first kappa shape index (κ1) is 20.0. The maximum absolute atomic E-state index is 12.5. The Morgan fingerprint density at radius 1 is 1.00 bits per heavy atom. The molecule has 1 saturated heterocycles. The zero-order valence-corrected chi connectivity index (χ0v) is 17.4. The Morgan fingerprint density at radius 2 is 1.69 bits per heavy atom. The van der Waals surface area contributed by atoms with E-state index in [9.17, 15) is 9.59 Å². The molecule has 1 saturated carbocycles. The molecule has 1 aromatic heterocycles. The van der Waals surface area contributed by atoms with Crippen molar-refractivity contribution in [2.45, 2.75) is 38.5 Å². The fraction of sp³-hybridized carbons (Fsp3) is 0.500. The second-order valence-electron chi connectivity index (χ2n) is 7.97. The van der Waals surface area contributed by atoms with E-state index in [1.807, 2.05) is 4.90 Å². The Balaban J connectivity index is 1.37. The first-order valence-electron chi connectivity index (χ1n) is 10.5. The van der Waals surface area contributed by atoms with Gasteiger partial charge in [0.25, 0.3) is 5.56 Å². The van der Waals surface area contributed by atoms with E-state index in [0.29, 0.717) is 30.2 Å². The van der Waals surface area contributed by atoms with Gasteiger partial charge in [-0.15, -0.1) is 5.10 Å². The van der Waals surface area contributed by atoms with Crippen molar-refractivity contribution in [3.05, 3.63) is 51.8 Å². The van der Waals surface area contributed by atoms with Crippen LogP contribution in [0.1, 0.15) is 38.5 Å². The maximum atomic E-state index is 12.5. The van der Waals surface area contributed by atoms with Crippen LogP contribution in [-0.4, -0.2) is 46.8 Å². The molecule has 2 aromatic rings. The Labute approximate surface area is 176 Å². The normalized spacial score (nSPS) is 17.7. The molecule has 29 heavy (non-hydrogen) atoms. The minimum absolute atomic E-state index is 0.184. The molecule has 0 N–H and O–H groups in total. The minimum Gasteiger partial charge on any atom is -0.352 e. The molecule has 1 amide bonds. The number of halogens is 1. The summed E-state index contributed by atoms with van der Waals surface area (Å²) in [5.74, 6) is 1.77. The number of rotatable bonds is 5. The van der Waals surface area contributed by atoms with Gasteiger partial charge in [0.15, 0.2) is 0 Å². The standard InChI is InChI=1S/C22H27ClN4O2/c23-18-6-8-19(9-7-18)27-22(29)12-10-20(24-27)25-13-15-26(16-14-25)21(28)11-5-17-3-1-2-4-17/h6-10,12,17H,1-5,11,13-16H2. The van der Waals surface area contributed by atoms with Crippen molar-refractivity contribution in [2.24, 2.45) is 5.92 Å². The zero-order valence-electron chi connectivity index (χ0n) is 16.6. The summed E-state index contributed by atoms with van der Waals surface area (Å²) in [5.41, 5.74) is 0.499. The molecule has 0 unspecified atom stereocenters. The number of carbonyl (C=O) groups excluding carboxylic acids is 1. The van der Waals surface area contributed by atoms with Crippen LogP contribution in [0.15, 0.2) is 41.2 Å². The Morgan fingerprint density at radius 3 is 2.38 bits per heavy atom. The third-order valence-corrected chi connectivity index (χ3v) is 6.31. The Kier molecular flexibility index (Phi) is 6.19. The number of carbonyl (C=O) groups is 1. The average Bonchev–Trinajstić information content (AvgIpc) is 3.27. The lowest BCUT2D eigenvalue weighted by molar-refractivity contribution is -0.131. The SMILES string of the molecule is O=C(CCC1CCCC1)N1CCN(c2ccc(=O)n(-c3ccc(Cl)cc3)n2)CC1. The van der Waals surface area contributed by atoms with Crippen LogP contribution < -0.4 is 10.5 Å². The molecule has 0 radical (unpaired) electrons. The summed E-state index contributed by atoms with van der Waals surface area (Å²) in [6.45, 7) is 2.85. The van der Waals surface area contributed by atoms with Gasteiger partial charge in [0.1, 0.15) is 5.82 Å². The van der Waals surface area contributed by atoms with Gasteiger partial charge in [-0.25, -0.2) is 0 Å². The molecule has 7 heteroatoms. The fourth-order valence-electron chi connectivity index (χ4n) is 4.31. The molecule has 1 aliphatic heterocycles. The van der Waals surface area contributed by atoms with Crippen LogP contribution in [0.3, 0.4) is 0 Å². The number of hydrogen-bond acceptors (Lipinski definition) is 4. The maximum Gasteiger partial charge on any atom is 0.271 e. The first-order chi connectivity index (χ1) is 14.1. The second-order valence-corrected chi connectivity index (χ2v) is 8.41. The van der Waals surface area contributed by atoms with Gasteiger partial charge < -0.3 is 9.80 Å². The van der Waals surface area contributed by atoms with E-state index in [-0.39, 0.29) is 11.5 Å². The van der Waals surface area contributed by atoms with Crippen LogP contribution in [-0.2, 0) is 4.79 Å². The molecule has 2 aliphatic rings. The van der Waals surface area contributed by atoms with Gasteiger partial charge in [-0.2, -0.15) is 4.68 Å². The van der Waals surface area contributed by atoms with Crippen LogP contribution in [0.25, 0.3) is 5.69 Å². The Bertz CT molecular complexity index is 898. The predicted molar refractivity (Wildman–Crippen MR) is 115 cm³/mol. The third-order valence-electron chi connectivity index (χ3n) is 6.05. The summed E-state index contributed by atoms with van der Waals surface area (Å²) < 4.78 is 1.39. The first-order valence-corrected chi connectivity index (χ1v) is 10.9. The summed E-state index contributed by atoms with van der Waals surface area (Å²) in [7, 11) is 0. The summed E-state index contributed by atoms with van der Waals surface area (Å²) in [5, 5.41) is 5.16. The van der Waals surface area contributed by atoms with Gasteiger partial charge in [0.2, 0.25) is 5.91 Å². The molecule has 0 atom stereocenters. The average molecular weight is 415 g/mol. The van der Waals surface area contributed by atoms with Gasteiger partial charge in [-0.1, -0.05) is 37.3 Å². The Hall–Kier alpha value is -2.34. The van der Waals surface area contributed by atoms with Crippen molar-refractivity contribution in [1.82, 2.24) is 14.7 Å². The molecular formula is C22H27ClN4O2. The third kappa shape index (κ3) is 4.81. The molecule has 0 bridgehead atoms. The molecule has 1 aliphatic carbocycles. The van der Waals surface area contributed by atoms with Crippen molar-refractivity contribution < 1.29 is 4.79 Å². The molecule has 2 heterocycles. The highest BCUT2D eigenvalue weighted by Gasteiger charge is 2.24. The van der Waals surface area contributed by atoms with E-state index in [1.165, 1.54) is 36.4 Å². The lowest BCUT2D eigenvalue weighted by Gasteiger charge is -2.35. The highest BCUT2D eigenvalue weighted by Crippen LogP contribution is 2.28. The number of piperazine rings is 1. The lowest BCUT2D eigenvalue weighted by atomic mass is 10.0. The molecular weight excluding hydrogens is 388 g/mol. The fourth-order valence-corrected chi connectivity index (χ4v) is 4.43. The quantitative estimate of drug-likeness (QED) is 0.751. The van der Waals surface area contributed by atoms with Gasteiger partial charge in [-0.05, 0) is 42.7 Å². The van der Waals surface area contributed by atoms with Crippen molar-refractivity contribution in [3.8, 4) is 5.69 Å². The van der Waals surface area contributed by atoms with Gasteiger partial charge >= 0.3 is 0 Å². The van der Waals surface area contributed by atoms with Crippen molar-refractivity contribution >= 4 is 23.3 Å². The number of anilines is 1. The molecule has 0 spiro atoms. The van der Waals surface area contributed by atoms with E-state index in [2.05, 4.69) is 10.00 Å². The highest BCUT2D eigenvalue weighted by molar-refractivity contribution is 6.30. The predicted octanol–water partition coefficient (Wildman–Crippen LogP) is 3.50. The molecule has 6 nitrogen and oxygen atoms in total. The molecule has 1 aromatic carbocycles. The smallest absolute Gasteiger partial charge is 0.271 e. The van der Waals surface area contributed by atoms with Crippen LogP contribution in [0.4, 0.5) is 5.82 Å². The molecule has 2 fully saturated rings. The second kappa shape index (κ2) is 8.99. The largest absolute Gasteiger partial charge is 0.352 e. The lowest BCUT2D eigenvalue weighted by Crippen LogP contribution is -2.49.